The molecule has 0 aromatic rings. The zero-order chi connectivity index (χ0) is 54.9. The molecule has 428 valence electrons. The van der Waals surface area contributed by atoms with Gasteiger partial charge in [0.05, 0.1) is 37.9 Å². The molecule has 21 heteroatoms. The molecular formula is C54H87NO20. The van der Waals surface area contributed by atoms with Crippen LogP contribution < -0.4 is 5.32 Å². The van der Waals surface area contributed by atoms with Crippen LogP contribution in [0.4, 0.5) is 0 Å². The molecule has 6 fully saturated rings. The largest absolute Gasteiger partial charge is 0.481 e. The van der Waals surface area contributed by atoms with Crippen LogP contribution in [0.5, 0.6) is 0 Å². The van der Waals surface area contributed by atoms with Gasteiger partial charge in [0.15, 0.2) is 25.2 Å². The van der Waals surface area contributed by atoms with E-state index in [2.05, 4.69) is 60.4 Å². The molecule has 0 aromatic carbocycles. The van der Waals surface area contributed by atoms with E-state index in [1.165, 1.54) is 18.1 Å². The zero-order valence-electron chi connectivity index (χ0n) is 44.9. The van der Waals surface area contributed by atoms with Gasteiger partial charge in [0.1, 0.15) is 79.3 Å². The summed E-state index contributed by atoms with van der Waals surface area (Å²) < 4.78 is 49.0. The molecule has 8 aliphatic rings. The second-order valence-corrected chi connectivity index (χ2v) is 24.6. The second-order valence-electron chi connectivity index (χ2n) is 24.6. The summed E-state index contributed by atoms with van der Waals surface area (Å²) in [6.07, 6.45) is -18.2. The summed E-state index contributed by atoms with van der Waals surface area (Å²) in [5.41, 5.74) is 1.28. The number of rotatable bonds is 16. The van der Waals surface area contributed by atoms with Crippen molar-refractivity contribution < 1.29 is 98.5 Å². The van der Waals surface area contributed by atoms with Crippen LogP contribution in [0.2, 0.25) is 0 Å². The Balaban J connectivity index is 1.05. The average molecular weight is 1070 g/mol. The van der Waals surface area contributed by atoms with E-state index >= 15 is 0 Å². The number of hydrogen-bond acceptors (Lipinski definition) is 19. The Morgan fingerprint density at radius 2 is 1.35 bits per heavy atom. The molecule has 12 unspecified atom stereocenters. The molecule has 1 amide bonds. The first-order valence-electron chi connectivity index (χ1n) is 27.3. The number of aliphatic hydroxyl groups is 9. The summed E-state index contributed by atoms with van der Waals surface area (Å²) in [5.74, 6) is -0.321. The van der Waals surface area contributed by atoms with E-state index in [-0.39, 0.29) is 30.5 Å². The number of ether oxygens (including phenoxy) is 8. The molecule has 4 aliphatic heterocycles. The molecule has 75 heavy (non-hydrogen) atoms. The van der Waals surface area contributed by atoms with E-state index in [4.69, 9.17) is 37.9 Å². The normalized spacial score (nSPS) is 47.3. The minimum absolute atomic E-state index is 0.0279. The fraction of sp³-hybridized carbons (Fsp3) is 0.889. The van der Waals surface area contributed by atoms with E-state index in [1.54, 1.807) is 0 Å². The Hall–Kier alpha value is -2.26. The van der Waals surface area contributed by atoms with Crippen molar-refractivity contribution in [3.63, 3.8) is 0 Å². The number of carbonyl (C=O) groups is 2. The highest BCUT2D eigenvalue weighted by atomic mass is 16.8. The van der Waals surface area contributed by atoms with Gasteiger partial charge in [-0.3, -0.25) is 9.59 Å². The molecule has 4 heterocycles. The molecule has 11 N–H and O–H groups in total. The highest BCUT2D eigenvalue weighted by Gasteiger charge is 2.69. The number of nitrogens with one attached hydrogen (secondary N) is 1. The Morgan fingerprint density at radius 1 is 0.707 bits per heavy atom. The van der Waals surface area contributed by atoms with Gasteiger partial charge < -0.3 is 94.3 Å². The van der Waals surface area contributed by atoms with E-state index in [9.17, 15) is 60.7 Å². The van der Waals surface area contributed by atoms with Crippen LogP contribution in [0, 0.1) is 45.3 Å². The van der Waals surface area contributed by atoms with Crippen molar-refractivity contribution in [2.45, 2.75) is 230 Å². The van der Waals surface area contributed by atoms with Crippen molar-refractivity contribution >= 4 is 11.9 Å². The van der Waals surface area contributed by atoms with Crippen LogP contribution in [-0.4, -0.2) is 200 Å². The molecule has 4 aliphatic carbocycles. The maximum atomic E-state index is 14.0. The van der Waals surface area contributed by atoms with Crippen LogP contribution in [0.3, 0.4) is 0 Å². The molecule has 0 aromatic heterocycles. The third-order valence-corrected chi connectivity index (χ3v) is 19.7. The molecule has 24 atom stereocenters. The molecular weight excluding hydrogens is 983 g/mol. The average Bonchev–Trinajstić information content (AvgIpc) is 3.69. The lowest BCUT2D eigenvalue weighted by Crippen LogP contribution is -2.68. The molecule has 2 saturated carbocycles. The Kier molecular flexibility index (Phi) is 17.8. The third-order valence-electron chi connectivity index (χ3n) is 19.7. The number of carbonyl (C=O) groups excluding carboxylic acids is 1. The predicted octanol–water partition coefficient (Wildman–Crippen LogP) is 1.15. The van der Waals surface area contributed by atoms with Crippen molar-refractivity contribution in [2.75, 3.05) is 26.4 Å². The summed E-state index contributed by atoms with van der Waals surface area (Å²) in [6.45, 7) is 19.0. The number of carboxylic acid groups (broad SMARTS) is 1. The van der Waals surface area contributed by atoms with Crippen LogP contribution in [0.1, 0.15) is 120 Å². The summed E-state index contributed by atoms with van der Waals surface area (Å²) in [7, 11) is 0. The van der Waals surface area contributed by atoms with E-state index in [0.717, 1.165) is 37.7 Å². The van der Waals surface area contributed by atoms with Crippen LogP contribution in [0.25, 0.3) is 0 Å². The monoisotopic (exact) mass is 1070 g/mol. The minimum atomic E-state index is -1.86. The second kappa shape index (κ2) is 22.7. The van der Waals surface area contributed by atoms with E-state index in [0.29, 0.717) is 43.9 Å². The van der Waals surface area contributed by atoms with Gasteiger partial charge in [-0.2, -0.15) is 0 Å². The van der Waals surface area contributed by atoms with Gasteiger partial charge in [-0.1, -0.05) is 71.8 Å². The van der Waals surface area contributed by atoms with Gasteiger partial charge in [-0.25, -0.2) is 0 Å². The number of amides is 1. The van der Waals surface area contributed by atoms with Gasteiger partial charge in [0, 0.05) is 6.92 Å². The predicted molar refractivity (Wildman–Crippen MR) is 263 cm³/mol. The van der Waals surface area contributed by atoms with E-state index < -0.39 is 152 Å². The SMILES string of the molecule is C=C(CC[C@@H](C)C1CCC2(C(=O)O)C3=C(CC[C@]12C)[C@@]1(C)CC[C@H](O[C@@H]2OC[C@H](O)C(O[C@@H]4OC[C@H](O[C@@H]5OC[C@H](O)C(O)C5O)C(O)C4O)C2O[C@@H]2OC(CO)[C@H](O)C(O)C2NC(C)=O)C(C)(C)C1CC3)C(C)C. The molecule has 4 saturated heterocycles. The smallest absolute Gasteiger partial charge is 0.314 e. The standard InChI is InChI=1S/C54H87NO20/c1-24(2)25(3)10-11-26(4)28-15-19-54(50(66)67)30-12-13-35-51(6,7)36(16-17-52(35,8)29(30)14-18-53(28,54)9)73-49-45(75-46-37(55-27(5)57)41(63)39(61)33(20-56)71-46)44(32(59)22-69-49)74-48-43(65)40(62)34(23-70-48)72-47-42(64)38(60)31(58)21-68-47/h24,26,28,31-49,56,58-65H,3,10-23H2,1-2,4-9H3,(H,55,57)(H,66,67)/t26-,28?,31+,32+,33?,34+,35?,36+,37?,38?,39+,40?,41?,42?,43?,44?,45?,46+,47+,48+,49+,52-,53-,54?/m1/s1. The van der Waals surface area contributed by atoms with Crippen LogP contribution >= 0.6 is 0 Å². The summed E-state index contributed by atoms with van der Waals surface area (Å²) in [5, 5.41) is 111. The van der Waals surface area contributed by atoms with Crippen molar-refractivity contribution in [1.29, 1.82) is 0 Å². The first-order valence-corrected chi connectivity index (χ1v) is 27.3. The van der Waals surface area contributed by atoms with Gasteiger partial charge in [-0.15, -0.1) is 0 Å². The van der Waals surface area contributed by atoms with Crippen molar-refractivity contribution in [3.05, 3.63) is 23.3 Å². The Bertz CT molecular complexity index is 2070. The van der Waals surface area contributed by atoms with Crippen LogP contribution in [-0.2, 0) is 47.5 Å². The Labute approximate surface area is 439 Å². The van der Waals surface area contributed by atoms with Crippen molar-refractivity contribution in [3.8, 4) is 0 Å². The van der Waals surface area contributed by atoms with Gasteiger partial charge in [-0.05, 0) is 104 Å². The van der Waals surface area contributed by atoms with Gasteiger partial charge >= 0.3 is 5.97 Å². The van der Waals surface area contributed by atoms with Crippen LogP contribution in [0.15, 0.2) is 23.3 Å². The molecule has 21 nitrogen and oxygen atoms in total. The number of aliphatic carboxylic acids is 1. The van der Waals surface area contributed by atoms with Crippen molar-refractivity contribution in [1.82, 2.24) is 5.32 Å². The fourth-order valence-electron chi connectivity index (χ4n) is 15.2. The molecule has 0 bridgehead atoms. The first-order chi connectivity index (χ1) is 35.2. The summed E-state index contributed by atoms with van der Waals surface area (Å²) >= 11 is 0. The quantitative estimate of drug-likeness (QED) is 0.0966. The number of hydrogen-bond donors (Lipinski definition) is 11. The summed E-state index contributed by atoms with van der Waals surface area (Å²) in [6, 6.07) is -1.43. The molecule has 0 spiro atoms. The number of carboxylic acids is 1. The first kappa shape index (κ1) is 58.9. The lowest BCUT2D eigenvalue weighted by molar-refractivity contribution is -0.381. The number of fused-ring (bicyclic) bond motifs is 4. The molecule has 0 radical (unpaired) electrons. The lowest BCUT2D eigenvalue weighted by atomic mass is 9.43. The lowest BCUT2D eigenvalue weighted by Gasteiger charge is -2.62. The maximum absolute atomic E-state index is 14.0. The summed E-state index contributed by atoms with van der Waals surface area (Å²) in [4.78, 5) is 26.5. The topological polar surface area (TPSA) is 322 Å². The number of aliphatic hydroxyl groups excluding tert-OH is 9. The fourth-order valence-corrected chi connectivity index (χ4v) is 15.2. The van der Waals surface area contributed by atoms with Gasteiger partial charge in [0.2, 0.25) is 5.91 Å². The highest BCUT2D eigenvalue weighted by Crippen LogP contribution is 2.73. The molecule has 8 rings (SSSR count). The maximum Gasteiger partial charge on any atom is 0.314 e. The van der Waals surface area contributed by atoms with Crippen molar-refractivity contribution in [2.24, 2.45) is 45.3 Å². The minimum Gasteiger partial charge on any atom is -0.481 e. The van der Waals surface area contributed by atoms with E-state index in [1.807, 2.05) is 0 Å². The third kappa shape index (κ3) is 10.6. The Morgan fingerprint density at radius 3 is 2.01 bits per heavy atom. The van der Waals surface area contributed by atoms with Gasteiger partial charge in [0.25, 0.3) is 0 Å². The highest BCUT2D eigenvalue weighted by molar-refractivity contribution is 5.82. The zero-order valence-corrected chi connectivity index (χ0v) is 44.9. The number of allylic oxidation sites excluding steroid dienone is 2.